The summed E-state index contributed by atoms with van der Waals surface area (Å²) in [4.78, 5) is 26.4. The predicted octanol–water partition coefficient (Wildman–Crippen LogP) is 1.66. The van der Waals surface area contributed by atoms with Gasteiger partial charge < -0.3 is 19.4 Å². The number of amides is 2. The van der Waals surface area contributed by atoms with Crippen molar-refractivity contribution < 1.29 is 23.1 Å². The second-order valence-corrected chi connectivity index (χ2v) is 7.32. The highest BCUT2D eigenvalue weighted by Crippen LogP contribution is 2.28. The molecule has 4 rings (SSSR count). The zero-order valence-corrected chi connectivity index (χ0v) is 16.6. The number of hydrogen-bond acceptors (Lipinski definition) is 7. The van der Waals surface area contributed by atoms with Crippen molar-refractivity contribution in [1.82, 2.24) is 15.8 Å². The first-order chi connectivity index (χ1) is 14.5. The molecule has 2 N–H and O–H groups in total. The quantitative estimate of drug-likeness (QED) is 0.739. The van der Waals surface area contributed by atoms with Crippen LogP contribution in [0.25, 0.3) is 0 Å². The number of carbonyl (C=O) groups excluding carboxylic acids is 2. The fourth-order valence-corrected chi connectivity index (χ4v) is 3.54. The Bertz CT molecular complexity index is 899. The average Bonchev–Trinajstić information content (AvgIpc) is 3.36. The molecule has 160 valence electrons. The number of nitrogens with zero attached hydrogens (tertiary/aromatic N) is 3. The summed E-state index contributed by atoms with van der Waals surface area (Å²) < 4.78 is 25.2. The van der Waals surface area contributed by atoms with Crippen LogP contribution in [0.4, 0.5) is 20.6 Å². The summed E-state index contributed by atoms with van der Waals surface area (Å²) >= 11 is 0. The molecule has 3 heterocycles. The minimum atomic E-state index is -0.549. The van der Waals surface area contributed by atoms with Crippen molar-refractivity contribution in [2.24, 2.45) is 0 Å². The Morgan fingerprint density at radius 3 is 2.87 bits per heavy atom. The van der Waals surface area contributed by atoms with Gasteiger partial charge in [0.15, 0.2) is 0 Å². The Morgan fingerprint density at radius 2 is 2.20 bits per heavy atom. The highest BCUT2D eigenvalue weighted by Gasteiger charge is 2.33. The number of ether oxygens (including phenoxy) is 1. The van der Waals surface area contributed by atoms with Gasteiger partial charge in [-0.3, -0.25) is 9.69 Å². The number of nitrogens with one attached hydrogen (secondary N) is 2. The van der Waals surface area contributed by atoms with Crippen molar-refractivity contribution >= 4 is 23.4 Å². The molecule has 0 bridgehead atoms. The van der Waals surface area contributed by atoms with E-state index in [4.69, 9.17) is 9.15 Å². The van der Waals surface area contributed by atoms with Gasteiger partial charge in [0.25, 0.3) is 0 Å². The van der Waals surface area contributed by atoms with Gasteiger partial charge in [0.2, 0.25) is 5.91 Å². The molecule has 1 atom stereocenters. The molecule has 0 aliphatic carbocycles. The van der Waals surface area contributed by atoms with Crippen LogP contribution in [0.3, 0.4) is 0 Å². The molecule has 2 amide bonds. The predicted molar refractivity (Wildman–Crippen MR) is 107 cm³/mol. The molecule has 10 heteroatoms. The number of benzene rings is 1. The summed E-state index contributed by atoms with van der Waals surface area (Å²) in [5, 5.41) is 4.68. The van der Waals surface area contributed by atoms with Crippen LogP contribution in [0.2, 0.25) is 0 Å². The van der Waals surface area contributed by atoms with E-state index >= 15 is 0 Å². The average molecular weight is 417 g/mol. The zero-order chi connectivity index (χ0) is 21.1. The lowest BCUT2D eigenvalue weighted by molar-refractivity contribution is -0.119. The van der Waals surface area contributed by atoms with Crippen LogP contribution < -0.4 is 20.5 Å². The summed E-state index contributed by atoms with van der Waals surface area (Å²) in [5.74, 6) is -0.603. The van der Waals surface area contributed by atoms with Crippen molar-refractivity contribution in [3.63, 3.8) is 0 Å². The molecule has 2 fully saturated rings. The van der Waals surface area contributed by atoms with Crippen molar-refractivity contribution in [2.75, 3.05) is 42.6 Å². The molecule has 2 saturated heterocycles. The Balaban J connectivity index is 1.35. The molecule has 0 saturated carbocycles. The number of hydrogen-bond donors (Lipinski definition) is 2. The normalized spacial score (nSPS) is 19.8. The van der Waals surface area contributed by atoms with Crippen molar-refractivity contribution in [3.8, 4) is 0 Å². The first kappa shape index (κ1) is 20.2. The minimum Gasteiger partial charge on any atom is -0.472 e. The molecule has 9 nitrogen and oxygen atoms in total. The Kier molecular flexibility index (Phi) is 5.86. The Hall–Kier alpha value is -3.11. The van der Waals surface area contributed by atoms with Crippen LogP contribution in [0.5, 0.6) is 0 Å². The van der Waals surface area contributed by atoms with Crippen LogP contribution in [-0.4, -0.2) is 56.0 Å². The lowest BCUT2D eigenvalue weighted by Crippen LogP contribution is -2.54. The lowest BCUT2D eigenvalue weighted by Gasteiger charge is -2.36. The molecule has 0 spiro atoms. The summed E-state index contributed by atoms with van der Waals surface area (Å²) in [6.07, 6.45) is 2.33. The number of carbonyl (C=O) groups is 2. The SMILES string of the molecule is CC(=O)NC[C@H]1CN(c2ccc(N3CCN(Cc4ccoc4)NC3)c(F)c2)C(=O)O1. The monoisotopic (exact) mass is 417 g/mol. The summed E-state index contributed by atoms with van der Waals surface area (Å²) in [6.45, 7) is 4.44. The minimum absolute atomic E-state index is 0.196. The van der Waals surface area contributed by atoms with E-state index in [0.717, 1.165) is 12.1 Å². The molecular formula is C20H24FN5O4. The molecular weight excluding hydrogens is 393 g/mol. The number of anilines is 2. The van der Waals surface area contributed by atoms with Gasteiger partial charge in [0.1, 0.15) is 11.9 Å². The van der Waals surface area contributed by atoms with Gasteiger partial charge in [0, 0.05) is 32.1 Å². The van der Waals surface area contributed by atoms with Crippen LogP contribution >= 0.6 is 0 Å². The first-order valence-corrected chi connectivity index (χ1v) is 9.76. The van der Waals surface area contributed by atoms with E-state index in [1.54, 1.807) is 24.7 Å². The van der Waals surface area contributed by atoms with Gasteiger partial charge in [-0.1, -0.05) is 0 Å². The van der Waals surface area contributed by atoms with Crippen molar-refractivity contribution in [3.05, 3.63) is 48.2 Å². The fraction of sp³-hybridized carbons (Fsp3) is 0.400. The number of cyclic esters (lactones) is 1. The molecule has 0 unspecified atom stereocenters. The van der Waals surface area contributed by atoms with Crippen molar-refractivity contribution in [2.45, 2.75) is 19.6 Å². The van der Waals surface area contributed by atoms with Crippen LogP contribution in [0.1, 0.15) is 12.5 Å². The van der Waals surface area contributed by atoms with Gasteiger partial charge in [0.05, 0.1) is 43.7 Å². The van der Waals surface area contributed by atoms with E-state index in [-0.39, 0.29) is 19.0 Å². The summed E-state index contributed by atoms with van der Waals surface area (Å²) in [5.41, 5.74) is 5.24. The standard InChI is InChI=1S/C20H24FN5O4/c1-14(27)22-9-17-11-26(20(28)30-17)16-2-3-19(18(21)8-16)24-5-6-25(23-13-24)10-15-4-7-29-12-15/h2-4,7-8,12,17,23H,5-6,9-11,13H2,1H3,(H,22,27)/t17-/m0/s1. The van der Waals surface area contributed by atoms with E-state index < -0.39 is 18.0 Å². The topological polar surface area (TPSA) is 90.3 Å². The molecule has 1 aromatic carbocycles. The maximum atomic E-state index is 14.8. The van der Waals surface area contributed by atoms with Crippen molar-refractivity contribution in [1.29, 1.82) is 0 Å². The van der Waals surface area contributed by atoms with Crippen LogP contribution in [0.15, 0.2) is 41.2 Å². The summed E-state index contributed by atoms with van der Waals surface area (Å²) in [6, 6.07) is 6.64. The third kappa shape index (κ3) is 4.55. The number of hydrazine groups is 1. The van der Waals surface area contributed by atoms with E-state index in [0.29, 0.717) is 31.1 Å². The second kappa shape index (κ2) is 8.72. The highest BCUT2D eigenvalue weighted by atomic mass is 19.1. The van der Waals surface area contributed by atoms with Gasteiger partial charge in [-0.25, -0.2) is 19.6 Å². The van der Waals surface area contributed by atoms with E-state index in [1.165, 1.54) is 17.9 Å². The van der Waals surface area contributed by atoms with E-state index in [1.807, 2.05) is 11.0 Å². The third-order valence-corrected chi connectivity index (χ3v) is 5.11. The number of rotatable bonds is 6. The smallest absolute Gasteiger partial charge is 0.414 e. The molecule has 2 aliphatic heterocycles. The van der Waals surface area contributed by atoms with E-state index in [9.17, 15) is 14.0 Å². The van der Waals surface area contributed by atoms with Crippen LogP contribution in [-0.2, 0) is 16.1 Å². The van der Waals surface area contributed by atoms with Gasteiger partial charge in [-0.05, 0) is 24.3 Å². The van der Waals surface area contributed by atoms with Gasteiger partial charge in [-0.15, -0.1) is 0 Å². The first-order valence-electron chi connectivity index (χ1n) is 9.76. The van der Waals surface area contributed by atoms with Crippen LogP contribution in [0, 0.1) is 5.82 Å². The Morgan fingerprint density at radius 1 is 1.33 bits per heavy atom. The largest absolute Gasteiger partial charge is 0.472 e. The number of furan rings is 1. The highest BCUT2D eigenvalue weighted by molar-refractivity contribution is 5.90. The fourth-order valence-electron chi connectivity index (χ4n) is 3.54. The molecule has 30 heavy (non-hydrogen) atoms. The van der Waals surface area contributed by atoms with Gasteiger partial charge in [-0.2, -0.15) is 0 Å². The third-order valence-electron chi connectivity index (χ3n) is 5.11. The number of halogens is 1. The zero-order valence-electron chi connectivity index (χ0n) is 16.6. The molecule has 2 aliphatic rings. The Labute approximate surface area is 173 Å². The second-order valence-electron chi connectivity index (χ2n) is 7.32. The lowest BCUT2D eigenvalue weighted by atomic mass is 10.2. The maximum Gasteiger partial charge on any atom is 0.414 e. The van der Waals surface area contributed by atoms with E-state index in [2.05, 4.69) is 15.8 Å². The maximum absolute atomic E-state index is 14.8. The molecule has 2 aromatic rings. The molecule has 1 aromatic heterocycles. The van der Waals surface area contributed by atoms with Gasteiger partial charge >= 0.3 is 6.09 Å². The molecule has 0 radical (unpaired) electrons. The summed E-state index contributed by atoms with van der Waals surface area (Å²) in [7, 11) is 0.